The van der Waals surface area contributed by atoms with Crippen molar-refractivity contribution in [3.05, 3.63) is 0 Å². The Morgan fingerprint density at radius 1 is 1.03 bits per heavy atom. The third-order valence-corrected chi connectivity index (χ3v) is 8.21. The normalized spacial score (nSPS) is 37.7. The van der Waals surface area contributed by atoms with Crippen molar-refractivity contribution in [2.24, 2.45) is 17.8 Å². The maximum atomic E-state index is 13.4. The Balaban J connectivity index is 1.47. The van der Waals surface area contributed by atoms with Gasteiger partial charge in [-0.15, -0.1) is 0 Å². The van der Waals surface area contributed by atoms with E-state index in [1.54, 1.807) is 11.8 Å². The summed E-state index contributed by atoms with van der Waals surface area (Å²) in [6, 6.07) is -0.0395. The minimum absolute atomic E-state index is 0.0179. The second-order valence-corrected chi connectivity index (χ2v) is 10.5. The van der Waals surface area contributed by atoms with E-state index >= 15 is 0 Å². The van der Waals surface area contributed by atoms with Gasteiger partial charge in [-0.3, -0.25) is 19.7 Å². The van der Waals surface area contributed by atoms with E-state index in [-0.39, 0.29) is 48.0 Å². The number of carbonyl (C=O) groups is 3. The van der Waals surface area contributed by atoms with Gasteiger partial charge < -0.3 is 19.4 Å². The number of fused-ring (bicyclic) bond motifs is 1. The molecule has 1 aliphatic carbocycles. The zero-order valence-corrected chi connectivity index (χ0v) is 20.1. The molecule has 4 rings (SSSR count). The molecule has 1 N–H and O–H groups in total. The van der Waals surface area contributed by atoms with Crippen LogP contribution in [0.15, 0.2) is 0 Å². The molecule has 8 nitrogen and oxygen atoms in total. The average Bonchev–Trinajstić information content (AvgIpc) is 3.32. The van der Waals surface area contributed by atoms with Gasteiger partial charge >= 0.3 is 0 Å². The molecule has 8 heteroatoms. The second-order valence-electron chi connectivity index (χ2n) is 10.5. The first-order chi connectivity index (χ1) is 15.3. The van der Waals surface area contributed by atoms with E-state index in [1.165, 1.54) is 0 Å². The van der Waals surface area contributed by atoms with Crippen LogP contribution in [0.25, 0.3) is 0 Å². The van der Waals surface area contributed by atoms with Gasteiger partial charge in [0.25, 0.3) is 5.91 Å². The fourth-order valence-corrected chi connectivity index (χ4v) is 6.57. The summed E-state index contributed by atoms with van der Waals surface area (Å²) in [5, 5.41) is 3.65. The van der Waals surface area contributed by atoms with Crippen LogP contribution in [0.1, 0.15) is 58.8 Å². The highest BCUT2D eigenvalue weighted by atomic mass is 16.5. The van der Waals surface area contributed by atoms with E-state index < -0.39 is 0 Å². The number of carbonyl (C=O) groups excluding carboxylic acids is 3. The van der Waals surface area contributed by atoms with Gasteiger partial charge in [-0.1, -0.05) is 0 Å². The molecule has 0 radical (unpaired) electrons. The summed E-state index contributed by atoms with van der Waals surface area (Å²) in [5.41, 5.74) is 0. The van der Waals surface area contributed by atoms with Crippen molar-refractivity contribution in [3.63, 3.8) is 0 Å². The molecule has 3 saturated heterocycles. The molecule has 5 atom stereocenters. The minimum atomic E-state index is -0.334. The van der Waals surface area contributed by atoms with Gasteiger partial charge in [0.2, 0.25) is 11.8 Å². The second kappa shape index (κ2) is 9.67. The van der Waals surface area contributed by atoms with Crippen LogP contribution in [0.5, 0.6) is 0 Å². The van der Waals surface area contributed by atoms with Crippen LogP contribution in [0, 0.1) is 17.8 Å². The lowest BCUT2D eigenvalue weighted by molar-refractivity contribution is -0.162. The van der Waals surface area contributed by atoms with E-state index in [0.29, 0.717) is 25.0 Å². The number of piperidine rings is 1. The van der Waals surface area contributed by atoms with Crippen LogP contribution in [0.2, 0.25) is 0 Å². The van der Waals surface area contributed by atoms with Crippen molar-refractivity contribution < 1.29 is 19.1 Å². The molecular weight excluding hydrogens is 408 g/mol. The number of amides is 3. The van der Waals surface area contributed by atoms with Gasteiger partial charge in [-0.25, -0.2) is 0 Å². The fourth-order valence-electron chi connectivity index (χ4n) is 6.57. The van der Waals surface area contributed by atoms with Gasteiger partial charge in [0.05, 0.1) is 6.04 Å². The summed E-state index contributed by atoms with van der Waals surface area (Å²) in [6.07, 6.45) is 6.17. The zero-order chi connectivity index (χ0) is 23.0. The van der Waals surface area contributed by atoms with Crippen LogP contribution >= 0.6 is 0 Å². The molecule has 4 aliphatic rings. The Bertz CT molecular complexity index is 715. The maximum Gasteiger partial charge on any atom is 0.252 e. The van der Waals surface area contributed by atoms with Crippen molar-refractivity contribution in [1.82, 2.24) is 20.0 Å². The molecule has 4 fully saturated rings. The molecule has 4 unspecified atom stereocenters. The molecule has 0 spiro atoms. The van der Waals surface area contributed by atoms with Crippen molar-refractivity contribution >= 4 is 17.7 Å². The third kappa shape index (κ3) is 4.53. The smallest absolute Gasteiger partial charge is 0.252 e. The molecule has 3 amide bonds. The lowest BCUT2D eigenvalue weighted by atomic mass is 9.71. The average molecular weight is 449 g/mol. The largest absolute Gasteiger partial charge is 0.368 e. The highest BCUT2D eigenvalue weighted by Crippen LogP contribution is 2.40. The van der Waals surface area contributed by atoms with Gasteiger partial charge in [0, 0.05) is 52.7 Å². The zero-order valence-electron chi connectivity index (χ0n) is 20.1. The summed E-state index contributed by atoms with van der Waals surface area (Å²) >= 11 is 0. The first kappa shape index (κ1) is 23.5. The predicted octanol–water partition coefficient (Wildman–Crippen LogP) is 1.44. The molecule has 3 aliphatic heterocycles. The highest BCUT2D eigenvalue weighted by Gasteiger charge is 2.49. The first-order valence-electron chi connectivity index (χ1n) is 12.4. The summed E-state index contributed by atoms with van der Waals surface area (Å²) in [5.74, 6) is 1.55. The Hall–Kier alpha value is -1.67. The summed E-state index contributed by atoms with van der Waals surface area (Å²) < 4.78 is 5.73. The number of ether oxygens (including phenoxy) is 1. The minimum Gasteiger partial charge on any atom is -0.368 e. The van der Waals surface area contributed by atoms with Gasteiger partial charge in [-0.05, 0) is 63.7 Å². The quantitative estimate of drug-likeness (QED) is 0.707. The van der Waals surface area contributed by atoms with E-state index in [2.05, 4.69) is 5.32 Å². The number of hydrogen-bond donors (Lipinski definition) is 1. The van der Waals surface area contributed by atoms with Crippen LogP contribution in [0.3, 0.4) is 0 Å². The monoisotopic (exact) mass is 448 g/mol. The molecule has 0 aromatic rings. The fraction of sp³-hybridized carbons (Fsp3) is 0.875. The molecule has 32 heavy (non-hydrogen) atoms. The van der Waals surface area contributed by atoms with Gasteiger partial charge in [0.1, 0.15) is 12.3 Å². The first-order valence-corrected chi connectivity index (χ1v) is 12.4. The molecule has 180 valence electrons. The molecule has 3 heterocycles. The molecular formula is C24H40N4O4. The lowest BCUT2D eigenvalue weighted by Gasteiger charge is -2.55. The van der Waals surface area contributed by atoms with Crippen molar-refractivity contribution in [1.29, 1.82) is 0 Å². The van der Waals surface area contributed by atoms with E-state index in [0.717, 1.165) is 51.5 Å². The van der Waals surface area contributed by atoms with Crippen molar-refractivity contribution in [2.45, 2.75) is 83.1 Å². The number of nitrogens with zero attached hydrogens (tertiary/aromatic N) is 3. The van der Waals surface area contributed by atoms with Crippen molar-refractivity contribution in [2.75, 3.05) is 33.8 Å². The number of hydrogen-bond acceptors (Lipinski definition) is 5. The Morgan fingerprint density at radius 2 is 1.75 bits per heavy atom. The van der Waals surface area contributed by atoms with Crippen LogP contribution < -0.4 is 5.32 Å². The maximum absolute atomic E-state index is 13.4. The summed E-state index contributed by atoms with van der Waals surface area (Å²) in [6.45, 7) is 5.74. The summed E-state index contributed by atoms with van der Waals surface area (Å²) in [7, 11) is 3.67. The number of rotatable bonds is 3. The third-order valence-electron chi connectivity index (χ3n) is 8.21. The molecule has 0 aromatic carbocycles. The molecule has 0 bridgehead atoms. The topological polar surface area (TPSA) is 82.2 Å². The number of piperazine rings is 1. The van der Waals surface area contributed by atoms with E-state index in [9.17, 15) is 14.4 Å². The van der Waals surface area contributed by atoms with Crippen LogP contribution in [0.4, 0.5) is 0 Å². The molecule has 1 saturated carbocycles. The van der Waals surface area contributed by atoms with E-state index in [4.69, 9.17) is 4.74 Å². The Labute approximate surface area is 192 Å². The van der Waals surface area contributed by atoms with E-state index in [1.807, 2.05) is 30.8 Å². The Kier molecular flexibility index (Phi) is 7.10. The SMILES string of the molecule is CC(=O)N1C2NCC(C3CCC(C(=O)N(C)C)CC3)CC2N(C(=O)C2CCCO2)C[C@@H]1C. The predicted molar refractivity (Wildman–Crippen MR) is 120 cm³/mol. The lowest BCUT2D eigenvalue weighted by Crippen LogP contribution is -2.73. The standard InChI is InChI=1S/C24H40N4O4/c1-15-14-27(24(31)21-6-5-11-32-21)20-12-19(13-25-22(20)28(15)16(2)29)17-7-9-18(10-8-17)23(30)26(3)4/h15,17-22,25H,5-14H2,1-4H3/t15-,17?,18?,19?,20?,21?,22?/m0/s1. The van der Waals surface area contributed by atoms with Gasteiger partial charge in [0.15, 0.2) is 0 Å². The molecule has 0 aromatic heterocycles. The van der Waals surface area contributed by atoms with Crippen LogP contribution in [-0.2, 0) is 19.1 Å². The van der Waals surface area contributed by atoms with Crippen molar-refractivity contribution in [3.8, 4) is 0 Å². The van der Waals surface area contributed by atoms with Gasteiger partial charge in [-0.2, -0.15) is 0 Å². The summed E-state index contributed by atoms with van der Waals surface area (Å²) in [4.78, 5) is 43.9. The number of nitrogens with one attached hydrogen (secondary N) is 1. The highest BCUT2D eigenvalue weighted by molar-refractivity contribution is 5.82. The van der Waals surface area contributed by atoms with Crippen LogP contribution in [-0.4, -0.2) is 90.6 Å². The Morgan fingerprint density at radius 3 is 2.34 bits per heavy atom.